The number of ether oxygens (including phenoxy) is 1. The van der Waals surface area contributed by atoms with E-state index in [1.165, 1.54) is 56.9 Å². The van der Waals surface area contributed by atoms with Crippen molar-refractivity contribution in [1.82, 2.24) is 5.32 Å². The van der Waals surface area contributed by atoms with Crippen LogP contribution < -0.4 is 5.32 Å². The van der Waals surface area contributed by atoms with E-state index in [1.54, 1.807) is 26.0 Å². The molecule has 0 bridgehead atoms. The molecule has 4 heteroatoms. The van der Waals surface area contributed by atoms with Crippen molar-refractivity contribution in [2.75, 3.05) is 6.61 Å². The summed E-state index contributed by atoms with van der Waals surface area (Å²) in [6, 6.07) is 15.5. The van der Waals surface area contributed by atoms with Crippen molar-refractivity contribution in [3.63, 3.8) is 0 Å². The molecule has 1 atom stereocenters. The first kappa shape index (κ1) is 25.6. The van der Waals surface area contributed by atoms with E-state index in [4.69, 9.17) is 4.74 Å². The van der Waals surface area contributed by atoms with Gasteiger partial charge in [0.15, 0.2) is 0 Å². The number of hydrogen-bond donors (Lipinski definition) is 1. The molecule has 0 radical (unpaired) electrons. The van der Waals surface area contributed by atoms with Crippen LogP contribution in [0.4, 0.5) is 0 Å². The lowest BCUT2D eigenvalue weighted by molar-refractivity contribution is -0.144. The Bertz CT molecular complexity index is 812. The molecular weight excluding hydrogens is 398 g/mol. The highest BCUT2D eigenvalue weighted by molar-refractivity contribution is 5.97. The SMILES string of the molecule is CCCCCCCCCCc1ccc(-c2ccc(C(=O)NC(C)C(=O)OCC)cc2)cc1. The summed E-state index contributed by atoms with van der Waals surface area (Å²) in [6.07, 6.45) is 11.9. The summed E-state index contributed by atoms with van der Waals surface area (Å²) in [5, 5.41) is 2.67. The summed E-state index contributed by atoms with van der Waals surface area (Å²) >= 11 is 0. The van der Waals surface area contributed by atoms with Crippen LogP contribution in [0.1, 0.15) is 88.1 Å². The fourth-order valence-electron chi connectivity index (χ4n) is 3.75. The van der Waals surface area contributed by atoms with Gasteiger partial charge in [0.25, 0.3) is 5.91 Å². The molecule has 0 saturated carbocycles. The standard InChI is InChI=1S/C28H39NO3/c1-4-6-7-8-9-10-11-12-13-23-14-16-24(17-15-23)25-18-20-26(21-19-25)27(30)29-22(3)28(31)32-5-2/h14-22H,4-13H2,1-3H3,(H,29,30). The van der Waals surface area contributed by atoms with Crippen molar-refractivity contribution < 1.29 is 14.3 Å². The number of carbonyl (C=O) groups excluding carboxylic acids is 2. The van der Waals surface area contributed by atoms with Crippen LogP contribution in [0, 0.1) is 0 Å². The largest absolute Gasteiger partial charge is 0.464 e. The molecule has 2 rings (SSSR count). The van der Waals surface area contributed by atoms with Crippen LogP contribution >= 0.6 is 0 Å². The lowest BCUT2D eigenvalue weighted by Crippen LogP contribution is -2.39. The third-order valence-electron chi connectivity index (χ3n) is 5.74. The summed E-state index contributed by atoms with van der Waals surface area (Å²) in [5.41, 5.74) is 4.11. The van der Waals surface area contributed by atoms with Crippen LogP contribution in [-0.2, 0) is 16.0 Å². The van der Waals surface area contributed by atoms with Gasteiger partial charge in [0.2, 0.25) is 0 Å². The molecule has 0 saturated heterocycles. The van der Waals surface area contributed by atoms with Gasteiger partial charge in [-0.05, 0) is 55.5 Å². The Balaban J connectivity index is 1.79. The minimum Gasteiger partial charge on any atom is -0.464 e. The molecule has 0 heterocycles. The van der Waals surface area contributed by atoms with Gasteiger partial charge in [0, 0.05) is 5.56 Å². The molecule has 1 amide bonds. The first-order chi connectivity index (χ1) is 15.5. The average molecular weight is 438 g/mol. The summed E-state index contributed by atoms with van der Waals surface area (Å²) in [7, 11) is 0. The molecule has 0 aliphatic rings. The van der Waals surface area contributed by atoms with Gasteiger partial charge in [0.1, 0.15) is 6.04 Å². The Morgan fingerprint density at radius 2 is 1.31 bits per heavy atom. The topological polar surface area (TPSA) is 55.4 Å². The monoisotopic (exact) mass is 437 g/mol. The van der Waals surface area contributed by atoms with E-state index < -0.39 is 12.0 Å². The quantitative estimate of drug-likeness (QED) is 0.264. The van der Waals surface area contributed by atoms with Gasteiger partial charge < -0.3 is 10.1 Å². The maximum absolute atomic E-state index is 12.3. The Morgan fingerprint density at radius 1 is 0.781 bits per heavy atom. The summed E-state index contributed by atoms with van der Waals surface area (Å²) in [4.78, 5) is 24.0. The molecule has 32 heavy (non-hydrogen) atoms. The van der Waals surface area contributed by atoms with E-state index >= 15 is 0 Å². The number of amides is 1. The van der Waals surface area contributed by atoms with Crippen molar-refractivity contribution in [2.45, 2.75) is 84.6 Å². The number of benzene rings is 2. The number of carbonyl (C=O) groups is 2. The first-order valence-electron chi connectivity index (χ1n) is 12.2. The Labute approximate surface area is 193 Å². The second-order valence-corrected chi connectivity index (χ2v) is 8.45. The van der Waals surface area contributed by atoms with Crippen molar-refractivity contribution >= 4 is 11.9 Å². The van der Waals surface area contributed by atoms with Gasteiger partial charge in [-0.2, -0.15) is 0 Å². The maximum atomic E-state index is 12.3. The van der Waals surface area contributed by atoms with Crippen molar-refractivity contribution in [2.24, 2.45) is 0 Å². The zero-order chi connectivity index (χ0) is 23.2. The highest BCUT2D eigenvalue weighted by atomic mass is 16.5. The first-order valence-corrected chi connectivity index (χ1v) is 12.2. The third-order valence-corrected chi connectivity index (χ3v) is 5.74. The molecule has 1 N–H and O–H groups in total. The molecule has 0 aliphatic carbocycles. The minimum absolute atomic E-state index is 0.280. The average Bonchev–Trinajstić information content (AvgIpc) is 2.81. The number of rotatable bonds is 14. The van der Waals surface area contributed by atoms with Gasteiger partial charge in [-0.25, -0.2) is 4.79 Å². The summed E-state index contributed by atoms with van der Waals surface area (Å²) in [5.74, 6) is -0.706. The van der Waals surface area contributed by atoms with E-state index in [9.17, 15) is 9.59 Å². The molecule has 0 fully saturated rings. The van der Waals surface area contributed by atoms with Gasteiger partial charge in [-0.3, -0.25) is 4.79 Å². The normalized spacial score (nSPS) is 11.7. The van der Waals surface area contributed by atoms with Crippen LogP contribution in [0.15, 0.2) is 48.5 Å². The zero-order valence-corrected chi connectivity index (χ0v) is 20.0. The molecule has 0 aliphatic heterocycles. The number of hydrogen-bond acceptors (Lipinski definition) is 3. The molecular formula is C28H39NO3. The molecule has 2 aromatic carbocycles. The van der Waals surface area contributed by atoms with Crippen molar-refractivity contribution in [1.29, 1.82) is 0 Å². The molecule has 0 spiro atoms. The minimum atomic E-state index is -0.671. The van der Waals surface area contributed by atoms with Crippen LogP contribution in [-0.4, -0.2) is 24.5 Å². The molecule has 2 aromatic rings. The molecule has 4 nitrogen and oxygen atoms in total. The molecule has 174 valence electrons. The second-order valence-electron chi connectivity index (χ2n) is 8.45. The molecule has 0 aromatic heterocycles. The van der Waals surface area contributed by atoms with Gasteiger partial charge in [-0.15, -0.1) is 0 Å². The highest BCUT2D eigenvalue weighted by Gasteiger charge is 2.17. The van der Waals surface area contributed by atoms with Gasteiger partial charge >= 0.3 is 5.97 Å². The fourth-order valence-corrected chi connectivity index (χ4v) is 3.75. The lowest BCUT2D eigenvalue weighted by atomic mass is 10.00. The fraction of sp³-hybridized carbons (Fsp3) is 0.500. The number of aryl methyl sites for hydroxylation is 1. The second kappa shape index (κ2) is 14.4. The third kappa shape index (κ3) is 8.86. The van der Waals surface area contributed by atoms with E-state index in [-0.39, 0.29) is 5.91 Å². The Morgan fingerprint density at radius 3 is 1.88 bits per heavy atom. The summed E-state index contributed by atoms with van der Waals surface area (Å²) in [6.45, 7) is 5.93. The van der Waals surface area contributed by atoms with Crippen molar-refractivity contribution in [3.8, 4) is 11.1 Å². The smallest absolute Gasteiger partial charge is 0.328 e. The predicted molar refractivity (Wildman–Crippen MR) is 132 cm³/mol. The van der Waals surface area contributed by atoms with Crippen LogP contribution in [0.2, 0.25) is 0 Å². The van der Waals surface area contributed by atoms with E-state index in [1.807, 2.05) is 12.1 Å². The van der Waals surface area contributed by atoms with Gasteiger partial charge in [0.05, 0.1) is 6.61 Å². The number of esters is 1. The predicted octanol–water partition coefficient (Wildman–Crippen LogP) is 6.72. The Hall–Kier alpha value is -2.62. The van der Waals surface area contributed by atoms with E-state index in [0.29, 0.717) is 12.2 Å². The van der Waals surface area contributed by atoms with E-state index in [0.717, 1.165) is 17.5 Å². The number of unbranched alkanes of at least 4 members (excludes halogenated alkanes) is 7. The van der Waals surface area contributed by atoms with E-state index in [2.05, 4.69) is 36.5 Å². The van der Waals surface area contributed by atoms with Crippen LogP contribution in [0.25, 0.3) is 11.1 Å². The Kier molecular flexibility index (Phi) is 11.6. The van der Waals surface area contributed by atoms with Crippen LogP contribution in [0.5, 0.6) is 0 Å². The lowest BCUT2D eigenvalue weighted by Gasteiger charge is -2.13. The van der Waals surface area contributed by atoms with Crippen molar-refractivity contribution in [3.05, 3.63) is 59.7 Å². The zero-order valence-electron chi connectivity index (χ0n) is 20.0. The highest BCUT2D eigenvalue weighted by Crippen LogP contribution is 2.21. The number of nitrogens with one attached hydrogen (secondary N) is 1. The van der Waals surface area contributed by atoms with Gasteiger partial charge in [-0.1, -0.05) is 88.3 Å². The summed E-state index contributed by atoms with van der Waals surface area (Å²) < 4.78 is 4.93. The van der Waals surface area contributed by atoms with Crippen LogP contribution in [0.3, 0.4) is 0 Å². The molecule has 1 unspecified atom stereocenters. The maximum Gasteiger partial charge on any atom is 0.328 e.